The third-order valence-corrected chi connectivity index (χ3v) is 5.11. The van der Waals surface area contributed by atoms with Crippen molar-refractivity contribution in [2.75, 3.05) is 13.1 Å². The lowest BCUT2D eigenvalue weighted by Gasteiger charge is -2.37. The van der Waals surface area contributed by atoms with Crippen LogP contribution < -0.4 is 5.32 Å². The zero-order chi connectivity index (χ0) is 19.8. The van der Waals surface area contributed by atoms with Gasteiger partial charge >= 0.3 is 6.09 Å². The second kappa shape index (κ2) is 7.86. The number of aromatic nitrogens is 2. The molecular weight excluding hydrogens is 387 g/mol. The highest BCUT2D eigenvalue weighted by molar-refractivity contribution is 6.36. The van der Waals surface area contributed by atoms with E-state index >= 15 is 0 Å². The van der Waals surface area contributed by atoms with Gasteiger partial charge in [-0.1, -0.05) is 30.1 Å². The van der Waals surface area contributed by atoms with E-state index < -0.39 is 5.60 Å². The molecule has 0 bridgehead atoms. The van der Waals surface area contributed by atoms with Crippen molar-refractivity contribution >= 4 is 34.9 Å². The van der Waals surface area contributed by atoms with Gasteiger partial charge in [0.1, 0.15) is 5.60 Å². The van der Waals surface area contributed by atoms with Gasteiger partial charge in [0, 0.05) is 38.1 Å². The van der Waals surface area contributed by atoms with Gasteiger partial charge in [0.15, 0.2) is 5.65 Å². The zero-order valence-corrected chi connectivity index (χ0v) is 17.6. The van der Waals surface area contributed by atoms with Crippen LogP contribution in [0.2, 0.25) is 10.0 Å². The first-order valence-corrected chi connectivity index (χ1v) is 9.92. The summed E-state index contributed by atoms with van der Waals surface area (Å²) in [6.07, 6.45) is 4.36. The number of halogens is 2. The molecule has 3 rings (SSSR count). The molecule has 8 heteroatoms. The highest BCUT2D eigenvalue weighted by Crippen LogP contribution is 2.23. The lowest BCUT2D eigenvalue weighted by atomic mass is 9.94. The van der Waals surface area contributed by atoms with Gasteiger partial charge in [-0.15, -0.1) is 0 Å². The summed E-state index contributed by atoms with van der Waals surface area (Å²) in [5.74, 6) is 0.321. The number of nitrogens with one attached hydrogen (secondary N) is 1. The Hall–Kier alpha value is -1.50. The molecule has 2 aromatic rings. The van der Waals surface area contributed by atoms with Crippen LogP contribution >= 0.6 is 23.2 Å². The smallest absolute Gasteiger partial charge is 0.410 e. The van der Waals surface area contributed by atoms with Crippen molar-refractivity contribution in [3.05, 3.63) is 34.2 Å². The van der Waals surface area contributed by atoms with Gasteiger partial charge in [0.05, 0.1) is 15.7 Å². The minimum Gasteiger partial charge on any atom is -0.444 e. The molecule has 0 aliphatic carbocycles. The van der Waals surface area contributed by atoms with E-state index in [0.717, 1.165) is 12.1 Å². The van der Waals surface area contributed by atoms with Gasteiger partial charge in [-0.2, -0.15) is 0 Å². The van der Waals surface area contributed by atoms with Gasteiger partial charge in [-0.05, 0) is 39.2 Å². The molecule has 0 saturated carbocycles. The van der Waals surface area contributed by atoms with E-state index in [1.807, 2.05) is 31.4 Å². The second-order valence-electron chi connectivity index (χ2n) is 8.15. The summed E-state index contributed by atoms with van der Waals surface area (Å²) >= 11 is 12.2. The molecule has 3 heterocycles. The number of pyridine rings is 1. The molecular formula is C19H26Cl2N4O2. The summed E-state index contributed by atoms with van der Waals surface area (Å²) in [6.45, 7) is 9.80. The Kier molecular flexibility index (Phi) is 5.89. The SMILES string of the molecule is C[C@H]1CN(C(=O)OC(C)(C)C)CC[C@@H]1NCc1cn2cc(Cl)cc(Cl)c2n1. The molecule has 0 spiro atoms. The standard InChI is InChI=1S/C19H26Cl2N4O2/c1-12-9-24(18(26)27-19(2,3)4)6-5-16(12)22-8-14-11-25-10-13(20)7-15(21)17(25)23-14/h7,10-12,16,22H,5-6,8-9H2,1-4H3/t12-,16-/m0/s1. The number of hydrogen-bond acceptors (Lipinski definition) is 4. The molecule has 1 N–H and O–H groups in total. The van der Waals surface area contributed by atoms with Crippen molar-refractivity contribution in [3.63, 3.8) is 0 Å². The number of hydrogen-bond donors (Lipinski definition) is 1. The Labute approximate surface area is 169 Å². The summed E-state index contributed by atoms with van der Waals surface area (Å²) in [6, 6.07) is 2.00. The summed E-state index contributed by atoms with van der Waals surface area (Å²) in [5.41, 5.74) is 1.13. The van der Waals surface area contributed by atoms with Crippen LogP contribution in [0.15, 0.2) is 18.5 Å². The minimum atomic E-state index is -0.470. The molecule has 1 saturated heterocycles. The maximum Gasteiger partial charge on any atom is 0.410 e. The predicted octanol–water partition coefficient (Wildman–Crippen LogP) is 4.38. The highest BCUT2D eigenvalue weighted by atomic mass is 35.5. The highest BCUT2D eigenvalue weighted by Gasteiger charge is 2.31. The maximum absolute atomic E-state index is 12.3. The Morgan fingerprint density at radius 3 is 2.78 bits per heavy atom. The molecule has 1 amide bonds. The summed E-state index contributed by atoms with van der Waals surface area (Å²) < 4.78 is 7.32. The molecule has 1 aliphatic heterocycles. The van der Waals surface area contributed by atoms with Crippen molar-refractivity contribution in [2.24, 2.45) is 5.92 Å². The van der Waals surface area contributed by atoms with Crippen LogP contribution in [0.4, 0.5) is 4.79 Å². The predicted molar refractivity (Wildman–Crippen MR) is 107 cm³/mol. The number of piperidine rings is 1. The number of rotatable bonds is 3. The topological polar surface area (TPSA) is 58.9 Å². The fraction of sp³-hybridized carbons (Fsp3) is 0.579. The zero-order valence-electron chi connectivity index (χ0n) is 16.1. The third kappa shape index (κ3) is 5.06. The van der Waals surface area contributed by atoms with Crippen LogP contribution in [0.5, 0.6) is 0 Å². The molecule has 2 atom stereocenters. The number of likely N-dealkylation sites (tertiary alicyclic amines) is 1. The average Bonchev–Trinajstić information content (AvgIpc) is 2.95. The first-order valence-electron chi connectivity index (χ1n) is 9.16. The third-order valence-electron chi connectivity index (χ3n) is 4.63. The summed E-state index contributed by atoms with van der Waals surface area (Å²) in [4.78, 5) is 18.6. The average molecular weight is 413 g/mol. The molecule has 6 nitrogen and oxygen atoms in total. The number of carbonyl (C=O) groups excluding carboxylic acids is 1. The van der Waals surface area contributed by atoms with Crippen molar-refractivity contribution < 1.29 is 9.53 Å². The molecule has 0 unspecified atom stereocenters. The Morgan fingerprint density at radius 2 is 2.11 bits per heavy atom. The minimum absolute atomic E-state index is 0.236. The molecule has 2 aromatic heterocycles. The first-order chi connectivity index (χ1) is 12.6. The second-order valence-corrected chi connectivity index (χ2v) is 8.99. The van der Waals surface area contributed by atoms with Gasteiger partial charge in [0.25, 0.3) is 0 Å². The van der Waals surface area contributed by atoms with Crippen LogP contribution in [0.25, 0.3) is 5.65 Å². The van der Waals surface area contributed by atoms with E-state index in [0.29, 0.717) is 47.3 Å². The Balaban J connectivity index is 1.57. The van der Waals surface area contributed by atoms with Crippen LogP contribution in [0.1, 0.15) is 39.8 Å². The number of imidazole rings is 1. The summed E-state index contributed by atoms with van der Waals surface area (Å²) in [5, 5.41) is 4.67. The molecule has 27 heavy (non-hydrogen) atoms. The van der Waals surface area contributed by atoms with E-state index in [-0.39, 0.29) is 6.09 Å². The van der Waals surface area contributed by atoms with Gasteiger partial charge in [0.2, 0.25) is 0 Å². The number of amides is 1. The van der Waals surface area contributed by atoms with Crippen molar-refractivity contribution in [2.45, 2.75) is 52.3 Å². The van der Waals surface area contributed by atoms with Gasteiger partial charge in [-0.3, -0.25) is 0 Å². The molecule has 0 aromatic carbocycles. The quantitative estimate of drug-likeness (QED) is 0.812. The Morgan fingerprint density at radius 1 is 1.37 bits per heavy atom. The van der Waals surface area contributed by atoms with E-state index in [1.54, 1.807) is 17.2 Å². The van der Waals surface area contributed by atoms with E-state index in [4.69, 9.17) is 27.9 Å². The molecule has 0 radical (unpaired) electrons. The van der Waals surface area contributed by atoms with E-state index in [2.05, 4.69) is 17.2 Å². The fourth-order valence-corrected chi connectivity index (χ4v) is 3.86. The van der Waals surface area contributed by atoms with Gasteiger partial charge < -0.3 is 19.4 Å². The molecule has 148 valence electrons. The lowest BCUT2D eigenvalue weighted by Crippen LogP contribution is -2.51. The summed E-state index contributed by atoms with van der Waals surface area (Å²) in [7, 11) is 0. The van der Waals surface area contributed by atoms with Crippen LogP contribution in [0, 0.1) is 5.92 Å². The van der Waals surface area contributed by atoms with E-state index in [9.17, 15) is 4.79 Å². The van der Waals surface area contributed by atoms with Crippen molar-refractivity contribution in [3.8, 4) is 0 Å². The normalized spacial score (nSPS) is 20.9. The number of fused-ring (bicyclic) bond motifs is 1. The largest absolute Gasteiger partial charge is 0.444 e. The van der Waals surface area contributed by atoms with Gasteiger partial charge in [-0.25, -0.2) is 9.78 Å². The lowest BCUT2D eigenvalue weighted by molar-refractivity contribution is 0.0143. The number of nitrogens with zero attached hydrogens (tertiary/aromatic N) is 3. The van der Waals surface area contributed by atoms with Crippen molar-refractivity contribution in [1.82, 2.24) is 19.6 Å². The molecule has 1 aliphatic rings. The maximum atomic E-state index is 12.3. The number of ether oxygens (including phenoxy) is 1. The number of carbonyl (C=O) groups is 1. The Bertz CT molecular complexity index is 831. The molecule has 1 fully saturated rings. The van der Waals surface area contributed by atoms with Crippen LogP contribution in [-0.2, 0) is 11.3 Å². The van der Waals surface area contributed by atoms with Crippen LogP contribution in [-0.4, -0.2) is 45.1 Å². The monoisotopic (exact) mass is 412 g/mol. The first kappa shape index (κ1) is 20.2. The van der Waals surface area contributed by atoms with Crippen molar-refractivity contribution in [1.29, 1.82) is 0 Å². The fourth-order valence-electron chi connectivity index (χ4n) is 3.34. The van der Waals surface area contributed by atoms with E-state index in [1.165, 1.54) is 0 Å². The van der Waals surface area contributed by atoms with Crippen LogP contribution in [0.3, 0.4) is 0 Å².